The number of phenolic OH excluding ortho intramolecular Hbond substituents is 1. The number of amides is 2. The minimum absolute atomic E-state index is 0.0596. The SMILES string of the molecule is CCc1c2c(nc3ccc(O)cc13)-c1cc3c(c(=O)n1C2)COC(=O)[C@@]3(CC)OC(=O)OCc1ccc(NC(=O)[C@H](CCCCN)NC(=O)CCC(=O)O)cc1. The number of aromatic hydroxyl groups is 1. The third kappa shape index (κ3) is 7.91. The summed E-state index contributed by atoms with van der Waals surface area (Å²) in [5, 5.41) is 25.1. The van der Waals surface area contributed by atoms with Crippen LogP contribution in [0.25, 0.3) is 22.3 Å². The normalized spacial score (nSPS) is 15.9. The van der Waals surface area contributed by atoms with E-state index in [1.807, 2.05) is 6.92 Å². The van der Waals surface area contributed by atoms with Crippen LogP contribution in [0.1, 0.15) is 80.2 Å². The predicted octanol–water partition coefficient (Wildman–Crippen LogP) is 4.13. The van der Waals surface area contributed by atoms with Gasteiger partial charge in [0.15, 0.2) is 0 Å². The summed E-state index contributed by atoms with van der Waals surface area (Å²) in [5.41, 5.74) is 7.90. The summed E-state index contributed by atoms with van der Waals surface area (Å²) in [5.74, 6) is -2.92. The van der Waals surface area contributed by atoms with E-state index in [-0.39, 0.29) is 55.9 Å². The summed E-state index contributed by atoms with van der Waals surface area (Å²) >= 11 is 0. The van der Waals surface area contributed by atoms with Gasteiger partial charge in [-0.1, -0.05) is 26.0 Å². The molecule has 0 unspecified atom stereocenters. The monoisotopic (exact) mass is 769 g/mol. The summed E-state index contributed by atoms with van der Waals surface area (Å²) < 4.78 is 18.2. The molecule has 6 N–H and O–H groups in total. The van der Waals surface area contributed by atoms with Gasteiger partial charge in [-0.25, -0.2) is 14.6 Å². The first-order chi connectivity index (χ1) is 26.9. The number of nitrogens with one attached hydrogen (secondary N) is 2. The second-order valence-corrected chi connectivity index (χ2v) is 13.7. The number of nitrogens with two attached hydrogens (primary N) is 1. The summed E-state index contributed by atoms with van der Waals surface area (Å²) in [6.07, 6.45) is 0.259. The van der Waals surface area contributed by atoms with Gasteiger partial charge in [0, 0.05) is 28.6 Å². The molecule has 56 heavy (non-hydrogen) atoms. The Bertz CT molecular complexity index is 2270. The van der Waals surface area contributed by atoms with Crippen LogP contribution in [0.15, 0.2) is 53.3 Å². The maximum Gasteiger partial charge on any atom is 0.510 e. The molecule has 4 heterocycles. The summed E-state index contributed by atoms with van der Waals surface area (Å²) in [6, 6.07) is 12.0. The van der Waals surface area contributed by atoms with Crippen LogP contribution in [-0.4, -0.2) is 62.3 Å². The van der Waals surface area contributed by atoms with Gasteiger partial charge < -0.3 is 45.4 Å². The number of nitrogens with zero attached hydrogens (tertiary/aromatic N) is 2. The van der Waals surface area contributed by atoms with E-state index in [0.29, 0.717) is 60.4 Å². The number of anilines is 1. The van der Waals surface area contributed by atoms with Crippen molar-refractivity contribution in [3.63, 3.8) is 0 Å². The smallest absolute Gasteiger partial charge is 0.508 e. The highest BCUT2D eigenvalue weighted by Gasteiger charge is 2.51. The zero-order chi connectivity index (χ0) is 40.1. The molecule has 0 spiro atoms. The molecular weight excluding hydrogens is 726 g/mol. The fourth-order valence-electron chi connectivity index (χ4n) is 7.19. The van der Waals surface area contributed by atoms with Crippen LogP contribution < -0.4 is 21.9 Å². The number of aliphatic carboxylic acids is 1. The lowest BCUT2D eigenvalue weighted by Crippen LogP contribution is -2.47. The van der Waals surface area contributed by atoms with E-state index in [0.717, 1.165) is 16.5 Å². The Morgan fingerprint density at radius 1 is 1.04 bits per heavy atom. The molecule has 2 amide bonds. The molecule has 16 heteroatoms. The average molecular weight is 770 g/mol. The molecule has 2 aromatic heterocycles. The maximum absolute atomic E-state index is 14.0. The first-order valence-corrected chi connectivity index (χ1v) is 18.4. The van der Waals surface area contributed by atoms with E-state index in [9.17, 15) is 33.9 Å². The van der Waals surface area contributed by atoms with Gasteiger partial charge in [-0.15, -0.1) is 0 Å². The molecule has 0 aliphatic carbocycles. The van der Waals surface area contributed by atoms with Gasteiger partial charge >= 0.3 is 18.1 Å². The van der Waals surface area contributed by atoms with Crippen molar-refractivity contribution in [2.24, 2.45) is 5.73 Å². The van der Waals surface area contributed by atoms with Crippen LogP contribution in [0.4, 0.5) is 10.5 Å². The van der Waals surface area contributed by atoms with Crippen LogP contribution in [0.2, 0.25) is 0 Å². The number of ether oxygens (including phenoxy) is 3. The van der Waals surface area contributed by atoms with Gasteiger partial charge in [-0.3, -0.25) is 19.2 Å². The first kappa shape index (κ1) is 39.4. The molecule has 0 radical (unpaired) electrons. The Kier molecular flexibility index (Phi) is 11.7. The van der Waals surface area contributed by atoms with E-state index >= 15 is 0 Å². The molecule has 0 saturated heterocycles. The topological polar surface area (TPSA) is 238 Å². The van der Waals surface area contributed by atoms with Gasteiger partial charge in [0.2, 0.25) is 17.4 Å². The van der Waals surface area contributed by atoms with Crippen molar-refractivity contribution in [1.82, 2.24) is 14.9 Å². The third-order valence-corrected chi connectivity index (χ3v) is 10.1. The zero-order valence-corrected chi connectivity index (χ0v) is 31.0. The molecule has 2 aliphatic rings. The van der Waals surface area contributed by atoms with Crippen LogP contribution in [0, 0.1) is 0 Å². The number of fused-ring (bicyclic) bond motifs is 5. The highest BCUT2D eigenvalue weighted by molar-refractivity contribution is 5.97. The second-order valence-electron chi connectivity index (χ2n) is 13.7. The Labute approximate surface area is 321 Å². The van der Waals surface area contributed by atoms with Crippen molar-refractivity contribution < 1.29 is 48.4 Å². The van der Waals surface area contributed by atoms with Crippen LogP contribution >= 0.6 is 0 Å². The molecule has 4 aromatic rings. The summed E-state index contributed by atoms with van der Waals surface area (Å²) in [6.45, 7) is 3.70. The minimum Gasteiger partial charge on any atom is -0.508 e. The number of unbranched alkanes of at least 4 members (excludes halogenated alkanes) is 1. The number of carboxylic acid groups (broad SMARTS) is 1. The molecule has 6 rings (SSSR count). The average Bonchev–Trinajstić information content (AvgIpc) is 3.55. The number of phenols is 1. The molecule has 16 nitrogen and oxygen atoms in total. The summed E-state index contributed by atoms with van der Waals surface area (Å²) in [7, 11) is 0. The highest BCUT2D eigenvalue weighted by atomic mass is 16.7. The number of cyclic esters (lactones) is 1. The number of carbonyl (C=O) groups is 5. The van der Waals surface area contributed by atoms with Gasteiger partial charge in [0.05, 0.1) is 35.4 Å². The quantitative estimate of drug-likeness (QED) is 0.0745. The van der Waals surface area contributed by atoms with Gasteiger partial charge in [0.1, 0.15) is 25.0 Å². The molecule has 0 fully saturated rings. The maximum atomic E-state index is 14.0. The molecule has 2 atom stereocenters. The molecule has 0 bridgehead atoms. The van der Waals surface area contributed by atoms with Gasteiger partial charge in [-0.2, -0.15) is 0 Å². The number of hydrogen-bond donors (Lipinski definition) is 5. The molecule has 2 aliphatic heterocycles. The number of benzene rings is 2. The van der Waals surface area contributed by atoms with Crippen LogP contribution in [0.3, 0.4) is 0 Å². The van der Waals surface area contributed by atoms with Crippen molar-refractivity contribution in [1.29, 1.82) is 0 Å². The zero-order valence-electron chi connectivity index (χ0n) is 31.0. The van der Waals surface area contributed by atoms with E-state index < -0.39 is 47.1 Å². The Morgan fingerprint density at radius 3 is 2.50 bits per heavy atom. The summed E-state index contributed by atoms with van der Waals surface area (Å²) in [4.78, 5) is 81.7. The van der Waals surface area contributed by atoms with E-state index in [2.05, 4.69) is 10.6 Å². The third-order valence-electron chi connectivity index (χ3n) is 10.1. The Hall–Kier alpha value is -6.29. The van der Waals surface area contributed by atoms with Gasteiger partial charge in [0.25, 0.3) is 5.56 Å². The van der Waals surface area contributed by atoms with Crippen LogP contribution in [0.5, 0.6) is 5.75 Å². The van der Waals surface area contributed by atoms with Crippen LogP contribution in [-0.2, 0) is 65.2 Å². The highest BCUT2D eigenvalue weighted by Crippen LogP contribution is 2.42. The van der Waals surface area contributed by atoms with Crippen molar-refractivity contribution >= 4 is 46.5 Å². The molecular formula is C40H43N5O11. The number of aryl methyl sites for hydroxylation is 1. The number of pyridine rings is 2. The lowest BCUT2D eigenvalue weighted by atomic mass is 9.85. The van der Waals surface area contributed by atoms with Gasteiger partial charge in [-0.05, 0) is 86.2 Å². The fraction of sp³-hybridized carbons (Fsp3) is 0.375. The number of carbonyl (C=O) groups excluding carboxylic acids is 4. The number of carboxylic acids is 1. The molecule has 0 saturated carbocycles. The van der Waals surface area contributed by atoms with Crippen molar-refractivity contribution in [3.05, 3.63) is 86.7 Å². The van der Waals surface area contributed by atoms with E-state index in [1.54, 1.807) is 60.0 Å². The number of esters is 1. The molecule has 2 aromatic carbocycles. The second kappa shape index (κ2) is 16.6. The largest absolute Gasteiger partial charge is 0.510 e. The number of rotatable bonds is 15. The Morgan fingerprint density at radius 2 is 1.80 bits per heavy atom. The van der Waals surface area contributed by atoms with E-state index in [4.69, 9.17) is 30.0 Å². The van der Waals surface area contributed by atoms with Crippen molar-refractivity contribution in [3.8, 4) is 17.1 Å². The number of hydrogen-bond acceptors (Lipinski definition) is 12. The minimum atomic E-state index is -1.98. The number of aromatic nitrogens is 2. The van der Waals surface area contributed by atoms with Crippen molar-refractivity contribution in [2.75, 3.05) is 11.9 Å². The molecule has 294 valence electrons. The first-order valence-electron chi connectivity index (χ1n) is 18.4. The van der Waals surface area contributed by atoms with Crippen molar-refractivity contribution in [2.45, 2.75) is 90.2 Å². The predicted molar refractivity (Wildman–Crippen MR) is 201 cm³/mol. The fourth-order valence-corrected chi connectivity index (χ4v) is 7.19. The standard InChI is InChI=1S/C40H43N5O11/c1-3-25-26-17-24(46)12-13-30(26)44-35-27(25)19-45-32(35)18-29-28(37(45)51)21-54-38(52)40(29,4-2)56-39(53)55-20-22-8-10-23(11-9-22)42-36(50)31(7-5-6-16-41)43-33(47)14-15-34(48)49/h8-13,17-18,31,46H,3-7,14-16,19-21,41H2,1-2H3,(H,42,50)(H,43,47)(H,48,49)/t31-,40-/m0/s1. The lowest BCUT2D eigenvalue weighted by Gasteiger charge is -2.35. The van der Waals surface area contributed by atoms with E-state index in [1.165, 1.54) is 0 Å². The lowest BCUT2D eigenvalue weighted by molar-refractivity contribution is -0.175. The Balaban J connectivity index is 1.16.